The fraction of sp³-hybridized carbons (Fsp3) is 0.636. The monoisotopic (exact) mass is 533 g/mol. The first-order valence-electron chi connectivity index (χ1n) is 10.7. The first-order valence-corrected chi connectivity index (χ1v) is 10.7. The highest BCUT2D eigenvalue weighted by atomic mass is 127. The number of methoxy groups -OCH3 is 1. The summed E-state index contributed by atoms with van der Waals surface area (Å²) in [6.45, 7) is 13.7. The molecule has 0 aliphatic carbocycles. The first-order chi connectivity index (χ1) is 14.0. The number of carbonyl (C=O) groups is 1. The molecule has 1 atom stereocenters. The van der Waals surface area contributed by atoms with Crippen LogP contribution in [0.4, 0.5) is 0 Å². The number of guanidine groups is 1. The molecule has 0 bridgehead atoms. The first kappa shape index (κ1) is 28.5. The molecular formula is C22H40IN5O2. The molecule has 1 aromatic carbocycles. The third-order valence-electron chi connectivity index (χ3n) is 4.73. The average molecular weight is 533 g/mol. The molecule has 0 aliphatic rings. The van der Waals surface area contributed by atoms with Crippen LogP contribution in [0.3, 0.4) is 0 Å². The Balaban J connectivity index is 0.00000841. The van der Waals surface area contributed by atoms with Gasteiger partial charge in [0.25, 0.3) is 5.91 Å². The minimum atomic E-state index is -0.123. The Kier molecular flexibility index (Phi) is 16.3. The van der Waals surface area contributed by atoms with Gasteiger partial charge in [0, 0.05) is 24.7 Å². The van der Waals surface area contributed by atoms with E-state index >= 15 is 0 Å². The highest BCUT2D eigenvalue weighted by molar-refractivity contribution is 14.0. The van der Waals surface area contributed by atoms with E-state index in [4.69, 9.17) is 4.74 Å². The maximum absolute atomic E-state index is 12.2. The van der Waals surface area contributed by atoms with Gasteiger partial charge in [-0.1, -0.05) is 19.9 Å². The van der Waals surface area contributed by atoms with E-state index in [-0.39, 0.29) is 29.9 Å². The molecule has 30 heavy (non-hydrogen) atoms. The summed E-state index contributed by atoms with van der Waals surface area (Å²) in [7, 11) is 1.59. The van der Waals surface area contributed by atoms with Gasteiger partial charge in [0.05, 0.1) is 13.7 Å². The van der Waals surface area contributed by atoms with Crippen LogP contribution in [0.5, 0.6) is 5.75 Å². The number of amides is 1. The predicted molar refractivity (Wildman–Crippen MR) is 136 cm³/mol. The van der Waals surface area contributed by atoms with E-state index in [2.05, 4.69) is 46.6 Å². The molecule has 0 radical (unpaired) electrons. The largest absolute Gasteiger partial charge is 0.497 e. The third-order valence-corrected chi connectivity index (χ3v) is 4.73. The molecule has 1 amide bonds. The Morgan fingerprint density at radius 3 is 2.57 bits per heavy atom. The minimum absolute atomic E-state index is 0. The van der Waals surface area contributed by atoms with Gasteiger partial charge in [-0.25, -0.2) is 0 Å². The zero-order chi connectivity index (χ0) is 21.5. The molecule has 0 heterocycles. The van der Waals surface area contributed by atoms with Crippen molar-refractivity contribution in [1.29, 1.82) is 0 Å². The van der Waals surface area contributed by atoms with Crippen molar-refractivity contribution in [2.24, 2.45) is 4.99 Å². The molecule has 1 rings (SSSR count). The lowest BCUT2D eigenvalue weighted by atomic mass is 10.2. The molecule has 0 spiro atoms. The number of hydrogen-bond donors (Lipinski definition) is 3. The quantitative estimate of drug-likeness (QED) is 0.157. The molecule has 8 heteroatoms. The number of nitrogens with one attached hydrogen (secondary N) is 3. The molecule has 172 valence electrons. The Morgan fingerprint density at radius 2 is 1.93 bits per heavy atom. The lowest BCUT2D eigenvalue weighted by molar-refractivity contribution is 0.0954. The SMILES string of the molecule is CCNC(=NCCNC(=O)c1cccc(OC)c1)NC(C)CCCN(CC)CC.I. The zero-order valence-corrected chi connectivity index (χ0v) is 21.5. The Hall–Kier alpha value is -1.55. The number of benzene rings is 1. The lowest BCUT2D eigenvalue weighted by Crippen LogP contribution is -2.43. The standard InChI is InChI=1S/C22H39N5O2.HI/c1-6-23-22(26-18(4)11-10-16-27(7-2)8-3)25-15-14-24-21(28)19-12-9-13-20(17-19)29-5;/h9,12-13,17-18H,6-8,10-11,14-16H2,1-5H3,(H,24,28)(H2,23,25,26);1H. The van der Waals surface area contributed by atoms with Gasteiger partial charge in [-0.15, -0.1) is 24.0 Å². The van der Waals surface area contributed by atoms with Crippen LogP contribution in [0.1, 0.15) is 50.9 Å². The van der Waals surface area contributed by atoms with E-state index in [0.29, 0.717) is 30.4 Å². The van der Waals surface area contributed by atoms with Crippen LogP contribution in [0.25, 0.3) is 0 Å². The summed E-state index contributed by atoms with van der Waals surface area (Å²) in [5.74, 6) is 1.34. The van der Waals surface area contributed by atoms with Crippen LogP contribution in [-0.4, -0.2) is 69.2 Å². The second-order valence-corrected chi connectivity index (χ2v) is 6.96. The molecule has 0 aromatic heterocycles. The van der Waals surface area contributed by atoms with Crippen molar-refractivity contribution in [3.05, 3.63) is 29.8 Å². The number of aliphatic imine (C=N–C) groups is 1. The maximum atomic E-state index is 12.2. The zero-order valence-electron chi connectivity index (χ0n) is 19.2. The predicted octanol–water partition coefficient (Wildman–Crippen LogP) is 3.11. The van der Waals surface area contributed by atoms with Gasteiger partial charge in [0.15, 0.2) is 5.96 Å². The van der Waals surface area contributed by atoms with Gasteiger partial charge < -0.3 is 25.6 Å². The summed E-state index contributed by atoms with van der Waals surface area (Å²) in [6.07, 6.45) is 2.25. The number of nitrogens with zero attached hydrogens (tertiary/aromatic N) is 2. The fourth-order valence-electron chi connectivity index (χ4n) is 2.99. The highest BCUT2D eigenvalue weighted by Crippen LogP contribution is 2.12. The molecule has 0 saturated carbocycles. The summed E-state index contributed by atoms with van der Waals surface area (Å²) in [6, 6.07) is 7.46. The average Bonchev–Trinajstić information content (AvgIpc) is 2.74. The number of rotatable bonds is 13. The van der Waals surface area contributed by atoms with Gasteiger partial charge in [0.2, 0.25) is 0 Å². The van der Waals surface area contributed by atoms with Crippen LogP contribution >= 0.6 is 24.0 Å². The topological polar surface area (TPSA) is 78.0 Å². The summed E-state index contributed by atoms with van der Waals surface area (Å²) in [5.41, 5.74) is 0.584. The third kappa shape index (κ3) is 11.6. The fourth-order valence-corrected chi connectivity index (χ4v) is 2.99. The summed E-state index contributed by atoms with van der Waals surface area (Å²) in [4.78, 5) is 19.2. The Morgan fingerprint density at radius 1 is 1.20 bits per heavy atom. The maximum Gasteiger partial charge on any atom is 0.251 e. The van der Waals surface area contributed by atoms with E-state index in [9.17, 15) is 4.79 Å². The smallest absolute Gasteiger partial charge is 0.251 e. The normalized spacial score (nSPS) is 12.1. The molecule has 7 nitrogen and oxygen atoms in total. The van der Waals surface area contributed by atoms with Crippen molar-refractivity contribution in [2.75, 3.05) is 46.4 Å². The van der Waals surface area contributed by atoms with Crippen molar-refractivity contribution in [1.82, 2.24) is 20.9 Å². The van der Waals surface area contributed by atoms with Crippen molar-refractivity contribution in [3.8, 4) is 5.75 Å². The van der Waals surface area contributed by atoms with Gasteiger partial charge in [-0.2, -0.15) is 0 Å². The molecule has 1 unspecified atom stereocenters. The van der Waals surface area contributed by atoms with E-state index in [1.54, 1.807) is 25.3 Å². The second kappa shape index (κ2) is 17.2. The van der Waals surface area contributed by atoms with Crippen LogP contribution < -0.4 is 20.7 Å². The molecule has 0 saturated heterocycles. The van der Waals surface area contributed by atoms with E-state index < -0.39 is 0 Å². The van der Waals surface area contributed by atoms with Crippen molar-refractivity contribution in [2.45, 2.75) is 46.6 Å². The van der Waals surface area contributed by atoms with Crippen molar-refractivity contribution < 1.29 is 9.53 Å². The Bertz CT molecular complexity index is 623. The number of hydrogen-bond acceptors (Lipinski definition) is 4. The molecule has 0 fully saturated rings. The lowest BCUT2D eigenvalue weighted by Gasteiger charge is -2.21. The van der Waals surface area contributed by atoms with Crippen molar-refractivity contribution >= 4 is 35.8 Å². The summed E-state index contributed by atoms with van der Waals surface area (Å²) in [5, 5.41) is 9.62. The van der Waals surface area contributed by atoms with Gasteiger partial charge >= 0.3 is 0 Å². The number of halogens is 1. The van der Waals surface area contributed by atoms with Crippen LogP contribution in [0.15, 0.2) is 29.3 Å². The van der Waals surface area contributed by atoms with Gasteiger partial charge in [-0.3, -0.25) is 9.79 Å². The van der Waals surface area contributed by atoms with Crippen LogP contribution in [0.2, 0.25) is 0 Å². The van der Waals surface area contributed by atoms with Crippen LogP contribution in [0, 0.1) is 0 Å². The number of carbonyl (C=O) groups excluding carboxylic acids is 1. The molecule has 1 aromatic rings. The van der Waals surface area contributed by atoms with Gasteiger partial charge in [-0.05, 0) is 64.5 Å². The van der Waals surface area contributed by atoms with E-state index in [1.807, 2.05) is 13.0 Å². The van der Waals surface area contributed by atoms with Crippen molar-refractivity contribution in [3.63, 3.8) is 0 Å². The second-order valence-electron chi connectivity index (χ2n) is 6.96. The molecular weight excluding hydrogens is 493 g/mol. The van der Waals surface area contributed by atoms with E-state index in [0.717, 1.165) is 45.0 Å². The molecule has 0 aliphatic heterocycles. The highest BCUT2D eigenvalue weighted by Gasteiger charge is 2.08. The molecule has 3 N–H and O–H groups in total. The summed E-state index contributed by atoms with van der Waals surface area (Å²) < 4.78 is 5.16. The minimum Gasteiger partial charge on any atom is -0.497 e. The number of ether oxygens (including phenoxy) is 1. The van der Waals surface area contributed by atoms with Crippen LogP contribution in [-0.2, 0) is 0 Å². The summed E-state index contributed by atoms with van der Waals surface area (Å²) >= 11 is 0. The van der Waals surface area contributed by atoms with Gasteiger partial charge in [0.1, 0.15) is 5.75 Å². The van der Waals surface area contributed by atoms with E-state index in [1.165, 1.54) is 0 Å². The Labute approximate surface area is 199 Å².